The average Bonchev–Trinajstić information content (AvgIpc) is 2.77. The van der Waals surface area contributed by atoms with Crippen molar-refractivity contribution in [1.82, 2.24) is 5.32 Å². The Bertz CT molecular complexity index is 516. The molecule has 2 nitrogen and oxygen atoms in total. The third-order valence-corrected chi connectivity index (χ3v) is 3.35. The van der Waals surface area contributed by atoms with E-state index in [1.165, 1.54) is 12.1 Å². The van der Waals surface area contributed by atoms with Gasteiger partial charge in [-0.05, 0) is 42.2 Å². The summed E-state index contributed by atoms with van der Waals surface area (Å²) in [7, 11) is 0. The minimum Gasteiger partial charge on any atom is -0.468 e. The first kappa shape index (κ1) is 13.8. The maximum absolute atomic E-state index is 13.0. The van der Waals surface area contributed by atoms with Gasteiger partial charge in [0.05, 0.1) is 12.8 Å². The first-order valence-electron chi connectivity index (χ1n) is 6.59. The van der Waals surface area contributed by atoms with Gasteiger partial charge in [0.25, 0.3) is 0 Å². The van der Waals surface area contributed by atoms with Crippen LogP contribution in [0.25, 0.3) is 0 Å². The van der Waals surface area contributed by atoms with Gasteiger partial charge >= 0.3 is 0 Å². The van der Waals surface area contributed by atoms with Gasteiger partial charge in [-0.2, -0.15) is 0 Å². The summed E-state index contributed by atoms with van der Waals surface area (Å²) in [5.41, 5.74) is 2.25. The highest BCUT2D eigenvalue weighted by Gasteiger charge is 2.16. The summed E-state index contributed by atoms with van der Waals surface area (Å²) >= 11 is 0. The molecule has 2 rings (SSSR count). The molecule has 0 spiro atoms. The molecular formula is C16H20FNO. The Balaban J connectivity index is 2.08. The Morgan fingerprint density at radius 3 is 2.37 bits per heavy atom. The lowest BCUT2D eigenvalue weighted by Crippen LogP contribution is -2.25. The number of aryl methyl sites for hydroxylation is 1. The molecule has 0 amide bonds. The van der Waals surface area contributed by atoms with Crippen molar-refractivity contribution in [3.05, 3.63) is 59.3 Å². The smallest absolute Gasteiger partial charge is 0.123 e. The monoisotopic (exact) mass is 261 g/mol. The Labute approximate surface area is 113 Å². The topological polar surface area (TPSA) is 25.2 Å². The minimum atomic E-state index is -0.201. The van der Waals surface area contributed by atoms with Crippen LogP contribution in [0.4, 0.5) is 4.39 Å². The second-order valence-electron chi connectivity index (χ2n) is 5.18. The van der Waals surface area contributed by atoms with E-state index in [1.54, 1.807) is 6.26 Å². The summed E-state index contributed by atoms with van der Waals surface area (Å²) < 4.78 is 18.4. The van der Waals surface area contributed by atoms with Gasteiger partial charge in [-0.3, -0.25) is 0 Å². The molecule has 0 saturated carbocycles. The van der Waals surface area contributed by atoms with Gasteiger partial charge in [0.1, 0.15) is 11.6 Å². The molecule has 0 aliphatic carbocycles. The third-order valence-electron chi connectivity index (χ3n) is 3.35. The fraction of sp³-hybridized carbons (Fsp3) is 0.375. The molecule has 0 aliphatic heterocycles. The first-order chi connectivity index (χ1) is 9.08. The van der Waals surface area contributed by atoms with Crippen LogP contribution in [-0.4, -0.2) is 0 Å². The molecule has 1 heterocycles. The number of hydrogen-bond acceptors (Lipinski definition) is 2. The van der Waals surface area contributed by atoms with Crippen LogP contribution >= 0.6 is 0 Å². The molecule has 102 valence electrons. The molecule has 0 aliphatic rings. The number of rotatable bonds is 5. The van der Waals surface area contributed by atoms with Crippen LogP contribution in [0.5, 0.6) is 0 Å². The van der Waals surface area contributed by atoms with E-state index in [0.717, 1.165) is 16.9 Å². The normalized spacial score (nSPS) is 12.9. The maximum atomic E-state index is 13.0. The number of hydrogen-bond donors (Lipinski definition) is 1. The summed E-state index contributed by atoms with van der Waals surface area (Å²) in [5.74, 6) is 1.17. The summed E-state index contributed by atoms with van der Waals surface area (Å²) in [4.78, 5) is 0. The molecular weight excluding hydrogens is 241 g/mol. The predicted molar refractivity (Wildman–Crippen MR) is 74.3 cm³/mol. The van der Waals surface area contributed by atoms with Gasteiger partial charge in [-0.25, -0.2) is 4.39 Å². The van der Waals surface area contributed by atoms with Crippen molar-refractivity contribution in [3.63, 3.8) is 0 Å². The average molecular weight is 261 g/mol. The molecule has 0 fully saturated rings. The van der Waals surface area contributed by atoms with Crippen LogP contribution < -0.4 is 5.32 Å². The van der Waals surface area contributed by atoms with Crippen molar-refractivity contribution in [1.29, 1.82) is 0 Å². The fourth-order valence-corrected chi connectivity index (χ4v) is 2.20. The van der Waals surface area contributed by atoms with E-state index in [0.29, 0.717) is 12.5 Å². The SMILES string of the molecule is Cc1ccoc1CNC(c1ccc(F)cc1)C(C)C. The number of halogens is 1. The lowest BCUT2D eigenvalue weighted by atomic mass is 9.96. The lowest BCUT2D eigenvalue weighted by molar-refractivity contribution is 0.382. The molecule has 1 N–H and O–H groups in total. The van der Waals surface area contributed by atoms with Gasteiger partial charge in [-0.15, -0.1) is 0 Å². The molecule has 0 radical (unpaired) electrons. The Kier molecular flexibility index (Phi) is 4.38. The number of nitrogens with one attached hydrogen (secondary N) is 1. The Hall–Kier alpha value is -1.61. The highest BCUT2D eigenvalue weighted by Crippen LogP contribution is 2.23. The first-order valence-corrected chi connectivity index (χ1v) is 6.59. The zero-order valence-corrected chi connectivity index (χ0v) is 11.6. The van der Waals surface area contributed by atoms with Gasteiger partial charge in [0.15, 0.2) is 0 Å². The largest absolute Gasteiger partial charge is 0.468 e. The van der Waals surface area contributed by atoms with E-state index < -0.39 is 0 Å². The molecule has 1 aromatic heterocycles. The van der Waals surface area contributed by atoms with Gasteiger partial charge in [-0.1, -0.05) is 26.0 Å². The van der Waals surface area contributed by atoms with Crippen LogP contribution in [0.2, 0.25) is 0 Å². The second kappa shape index (κ2) is 6.02. The molecule has 2 aromatic rings. The van der Waals surface area contributed by atoms with Gasteiger partial charge < -0.3 is 9.73 Å². The van der Waals surface area contributed by atoms with Crippen molar-refractivity contribution in [2.75, 3.05) is 0 Å². The minimum absolute atomic E-state index is 0.185. The van der Waals surface area contributed by atoms with Gasteiger partial charge in [0, 0.05) is 6.04 Å². The van der Waals surface area contributed by atoms with Crippen LogP contribution in [0.1, 0.15) is 36.8 Å². The summed E-state index contributed by atoms with van der Waals surface area (Å²) in [6, 6.07) is 8.82. The van der Waals surface area contributed by atoms with Crippen molar-refractivity contribution >= 4 is 0 Å². The highest BCUT2D eigenvalue weighted by atomic mass is 19.1. The van der Waals surface area contributed by atoms with Crippen molar-refractivity contribution in [2.45, 2.75) is 33.4 Å². The van der Waals surface area contributed by atoms with Crippen LogP contribution in [0.3, 0.4) is 0 Å². The summed E-state index contributed by atoms with van der Waals surface area (Å²) in [5, 5.41) is 3.48. The molecule has 0 saturated heterocycles. The van der Waals surface area contributed by atoms with Crippen molar-refractivity contribution in [3.8, 4) is 0 Å². The highest BCUT2D eigenvalue weighted by molar-refractivity contribution is 5.21. The lowest BCUT2D eigenvalue weighted by Gasteiger charge is -2.22. The van der Waals surface area contributed by atoms with Crippen LogP contribution in [-0.2, 0) is 6.54 Å². The zero-order chi connectivity index (χ0) is 13.8. The van der Waals surface area contributed by atoms with E-state index in [9.17, 15) is 4.39 Å². The molecule has 3 heteroatoms. The standard InChI is InChI=1S/C16H20FNO/c1-11(2)16(13-4-6-14(17)7-5-13)18-10-15-12(3)8-9-19-15/h4-9,11,16,18H,10H2,1-3H3. The molecule has 1 atom stereocenters. The van der Waals surface area contributed by atoms with E-state index >= 15 is 0 Å². The summed E-state index contributed by atoms with van der Waals surface area (Å²) in [6.07, 6.45) is 1.70. The molecule has 1 unspecified atom stereocenters. The second-order valence-corrected chi connectivity index (χ2v) is 5.18. The van der Waals surface area contributed by atoms with E-state index in [1.807, 2.05) is 25.1 Å². The molecule has 19 heavy (non-hydrogen) atoms. The van der Waals surface area contributed by atoms with Gasteiger partial charge in [0.2, 0.25) is 0 Å². The van der Waals surface area contributed by atoms with Crippen LogP contribution in [0, 0.1) is 18.7 Å². The van der Waals surface area contributed by atoms with Crippen molar-refractivity contribution < 1.29 is 8.81 Å². The Morgan fingerprint density at radius 1 is 1.16 bits per heavy atom. The zero-order valence-electron chi connectivity index (χ0n) is 11.6. The molecule has 0 bridgehead atoms. The fourth-order valence-electron chi connectivity index (χ4n) is 2.20. The van der Waals surface area contributed by atoms with E-state index in [2.05, 4.69) is 19.2 Å². The number of benzene rings is 1. The number of furan rings is 1. The van der Waals surface area contributed by atoms with Crippen LogP contribution in [0.15, 0.2) is 41.0 Å². The maximum Gasteiger partial charge on any atom is 0.123 e. The van der Waals surface area contributed by atoms with E-state index in [-0.39, 0.29) is 11.9 Å². The third kappa shape index (κ3) is 3.44. The Morgan fingerprint density at radius 2 is 1.84 bits per heavy atom. The molecule has 1 aromatic carbocycles. The predicted octanol–water partition coefficient (Wildman–Crippen LogP) is 4.21. The van der Waals surface area contributed by atoms with E-state index in [4.69, 9.17) is 4.42 Å². The quantitative estimate of drug-likeness (QED) is 0.872. The summed E-state index contributed by atoms with van der Waals surface area (Å²) in [6.45, 7) is 7.01. The van der Waals surface area contributed by atoms with Crippen molar-refractivity contribution in [2.24, 2.45) is 5.92 Å².